The van der Waals surface area contributed by atoms with Crippen LogP contribution < -0.4 is 0 Å². The molecule has 2 aromatic rings. The first-order valence-corrected chi connectivity index (χ1v) is 5.24. The Balaban J connectivity index is 2.82. The van der Waals surface area contributed by atoms with Crippen LogP contribution in [0.3, 0.4) is 0 Å². The van der Waals surface area contributed by atoms with Gasteiger partial charge in [-0.1, -0.05) is 6.92 Å². The van der Waals surface area contributed by atoms with Crippen molar-refractivity contribution in [2.75, 3.05) is 0 Å². The van der Waals surface area contributed by atoms with Crippen molar-refractivity contribution in [2.24, 2.45) is 0 Å². The van der Waals surface area contributed by atoms with Crippen LogP contribution in [0.25, 0.3) is 10.1 Å². The zero-order valence-electron chi connectivity index (χ0n) is 7.71. The molecule has 0 aliphatic heterocycles. The summed E-state index contributed by atoms with van der Waals surface area (Å²) in [7, 11) is 0. The monoisotopic (exact) mass is 208 g/mol. The number of rotatable bonds is 2. The SMILES string of the molecule is CCc1c(C=O)ccc2sc(F)cc12. The maximum absolute atomic E-state index is 13.0. The van der Waals surface area contributed by atoms with Crippen molar-refractivity contribution in [1.82, 2.24) is 0 Å². The molecular formula is C11H9FOS. The van der Waals surface area contributed by atoms with E-state index >= 15 is 0 Å². The van der Waals surface area contributed by atoms with Gasteiger partial charge < -0.3 is 0 Å². The largest absolute Gasteiger partial charge is 0.298 e. The molecule has 3 heteroatoms. The third kappa shape index (κ3) is 1.34. The number of halogens is 1. The molecule has 1 aromatic heterocycles. The number of aldehydes is 1. The molecule has 0 spiro atoms. The summed E-state index contributed by atoms with van der Waals surface area (Å²) in [6, 6.07) is 5.06. The predicted molar refractivity (Wildman–Crippen MR) is 56.5 cm³/mol. The summed E-state index contributed by atoms with van der Waals surface area (Å²) in [5.74, 6) is 0. The van der Waals surface area contributed by atoms with Crippen molar-refractivity contribution in [3.05, 3.63) is 34.5 Å². The fraction of sp³-hybridized carbons (Fsp3) is 0.182. The Morgan fingerprint density at radius 3 is 2.93 bits per heavy atom. The van der Waals surface area contributed by atoms with E-state index in [0.717, 1.165) is 39.7 Å². The lowest BCUT2D eigenvalue weighted by Gasteiger charge is -2.02. The highest BCUT2D eigenvalue weighted by Crippen LogP contribution is 2.29. The number of thiophene rings is 1. The molecule has 0 atom stereocenters. The zero-order chi connectivity index (χ0) is 10.1. The van der Waals surface area contributed by atoms with Gasteiger partial charge in [0.05, 0.1) is 0 Å². The molecule has 0 radical (unpaired) electrons. The van der Waals surface area contributed by atoms with Crippen LogP contribution in [0.15, 0.2) is 18.2 Å². The summed E-state index contributed by atoms with van der Waals surface area (Å²) in [6.07, 6.45) is 1.58. The zero-order valence-corrected chi connectivity index (χ0v) is 8.53. The van der Waals surface area contributed by atoms with E-state index in [9.17, 15) is 9.18 Å². The predicted octanol–water partition coefficient (Wildman–Crippen LogP) is 3.42. The first-order chi connectivity index (χ1) is 6.76. The molecule has 0 unspecified atom stereocenters. The molecule has 14 heavy (non-hydrogen) atoms. The summed E-state index contributed by atoms with van der Waals surface area (Å²) in [4.78, 5) is 10.7. The van der Waals surface area contributed by atoms with Crippen LogP contribution in [0, 0.1) is 5.13 Å². The van der Waals surface area contributed by atoms with Crippen LogP contribution in [-0.4, -0.2) is 6.29 Å². The van der Waals surface area contributed by atoms with Crippen LogP contribution in [0.4, 0.5) is 4.39 Å². The van der Waals surface area contributed by atoms with Gasteiger partial charge in [-0.15, -0.1) is 11.3 Å². The van der Waals surface area contributed by atoms with E-state index in [-0.39, 0.29) is 5.13 Å². The van der Waals surface area contributed by atoms with E-state index in [1.54, 1.807) is 12.1 Å². The third-order valence-corrected chi connectivity index (χ3v) is 3.19. The summed E-state index contributed by atoms with van der Waals surface area (Å²) in [5.41, 5.74) is 1.61. The fourth-order valence-corrected chi connectivity index (χ4v) is 2.48. The van der Waals surface area contributed by atoms with E-state index in [0.29, 0.717) is 5.56 Å². The van der Waals surface area contributed by atoms with Gasteiger partial charge in [0.1, 0.15) is 6.29 Å². The Bertz CT molecular complexity index is 487. The van der Waals surface area contributed by atoms with Crippen molar-refractivity contribution in [1.29, 1.82) is 0 Å². The Kier molecular flexibility index (Phi) is 2.33. The molecule has 0 amide bonds. The molecule has 0 fully saturated rings. The number of hydrogen-bond donors (Lipinski definition) is 0. The van der Waals surface area contributed by atoms with E-state index < -0.39 is 0 Å². The van der Waals surface area contributed by atoms with Gasteiger partial charge in [0, 0.05) is 10.3 Å². The van der Waals surface area contributed by atoms with Gasteiger partial charge in [0.15, 0.2) is 5.13 Å². The van der Waals surface area contributed by atoms with Crippen LogP contribution in [-0.2, 0) is 6.42 Å². The molecule has 0 N–H and O–H groups in total. The second-order valence-electron chi connectivity index (χ2n) is 3.07. The first-order valence-electron chi connectivity index (χ1n) is 4.42. The van der Waals surface area contributed by atoms with Gasteiger partial charge in [-0.25, -0.2) is 0 Å². The minimum atomic E-state index is -0.197. The Morgan fingerprint density at radius 2 is 2.29 bits per heavy atom. The fourth-order valence-electron chi connectivity index (χ4n) is 1.66. The van der Waals surface area contributed by atoms with Crippen molar-refractivity contribution >= 4 is 27.7 Å². The molecule has 0 saturated heterocycles. The van der Waals surface area contributed by atoms with Crippen LogP contribution in [0.1, 0.15) is 22.8 Å². The minimum Gasteiger partial charge on any atom is -0.298 e. The number of carbonyl (C=O) groups is 1. The maximum atomic E-state index is 13.0. The lowest BCUT2D eigenvalue weighted by Crippen LogP contribution is -1.90. The lowest BCUT2D eigenvalue weighted by atomic mass is 10.0. The average Bonchev–Trinajstić information content (AvgIpc) is 2.56. The number of carbonyl (C=O) groups excluding carboxylic acids is 1. The van der Waals surface area contributed by atoms with E-state index in [1.165, 1.54) is 6.07 Å². The number of hydrogen-bond acceptors (Lipinski definition) is 2. The average molecular weight is 208 g/mol. The molecular weight excluding hydrogens is 199 g/mol. The number of fused-ring (bicyclic) bond motifs is 1. The lowest BCUT2D eigenvalue weighted by molar-refractivity contribution is 0.112. The Morgan fingerprint density at radius 1 is 1.50 bits per heavy atom. The summed E-state index contributed by atoms with van der Waals surface area (Å²) >= 11 is 1.12. The van der Waals surface area contributed by atoms with Crippen molar-refractivity contribution in [2.45, 2.75) is 13.3 Å². The normalized spacial score (nSPS) is 10.7. The van der Waals surface area contributed by atoms with Crippen molar-refractivity contribution in [3.8, 4) is 0 Å². The van der Waals surface area contributed by atoms with Crippen LogP contribution >= 0.6 is 11.3 Å². The highest BCUT2D eigenvalue weighted by atomic mass is 32.1. The van der Waals surface area contributed by atoms with E-state index in [2.05, 4.69) is 0 Å². The molecule has 2 rings (SSSR count). The Hall–Kier alpha value is -1.22. The third-order valence-electron chi connectivity index (χ3n) is 2.30. The van der Waals surface area contributed by atoms with Gasteiger partial charge in [-0.2, -0.15) is 4.39 Å². The number of benzene rings is 1. The molecule has 72 valence electrons. The highest BCUT2D eigenvalue weighted by Gasteiger charge is 2.08. The van der Waals surface area contributed by atoms with E-state index in [4.69, 9.17) is 0 Å². The molecule has 0 saturated carbocycles. The Labute approximate surface area is 85.2 Å². The van der Waals surface area contributed by atoms with Gasteiger partial charge in [0.25, 0.3) is 0 Å². The van der Waals surface area contributed by atoms with Crippen molar-refractivity contribution < 1.29 is 9.18 Å². The van der Waals surface area contributed by atoms with Gasteiger partial charge in [-0.3, -0.25) is 4.79 Å². The second-order valence-corrected chi connectivity index (χ2v) is 4.10. The summed E-state index contributed by atoms with van der Waals surface area (Å²) < 4.78 is 13.9. The molecule has 1 heterocycles. The molecule has 1 aromatic carbocycles. The molecule has 1 nitrogen and oxygen atoms in total. The molecule has 0 bridgehead atoms. The second kappa shape index (κ2) is 3.50. The van der Waals surface area contributed by atoms with Crippen molar-refractivity contribution in [3.63, 3.8) is 0 Å². The first kappa shape index (κ1) is 9.34. The highest BCUT2D eigenvalue weighted by molar-refractivity contribution is 7.17. The van der Waals surface area contributed by atoms with Crippen LogP contribution in [0.2, 0.25) is 0 Å². The van der Waals surface area contributed by atoms with E-state index in [1.807, 2.05) is 6.92 Å². The van der Waals surface area contributed by atoms with Gasteiger partial charge >= 0.3 is 0 Å². The molecule has 0 aliphatic rings. The molecule has 0 aliphatic carbocycles. The van der Waals surface area contributed by atoms with Gasteiger partial charge in [0.2, 0.25) is 0 Å². The van der Waals surface area contributed by atoms with Crippen LogP contribution in [0.5, 0.6) is 0 Å². The number of aryl methyl sites for hydroxylation is 1. The summed E-state index contributed by atoms with van der Waals surface area (Å²) in [5, 5.41) is 0.678. The minimum absolute atomic E-state index is 0.197. The van der Waals surface area contributed by atoms with Gasteiger partial charge in [-0.05, 0) is 35.6 Å². The maximum Gasteiger partial charge on any atom is 0.177 e. The quantitative estimate of drug-likeness (QED) is 0.691. The standard InChI is InChI=1S/C11H9FOS/c1-2-8-7(6-13)3-4-10-9(8)5-11(12)14-10/h3-6H,2H2,1H3. The smallest absolute Gasteiger partial charge is 0.177 e. The topological polar surface area (TPSA) is 17.1 Å². The summed E-state index contributed by atoms with van der Waals surface area (Å²) in [6.45, 7) is 1.97.